The van der Waals surface area contributed by atoms with Crippen molar-refractivity contribution in [2.75, 3.05) is 6.61 Å². The second-order valence-electron chi connectivity index (χ2n) is 5.59. The molecule has 2 heteroatoms. The lowest BCUT2D eigenvalue weighted by Crippen LogP contribution is -1.91. The molecule has 0 bridgehead atoms. The molecule has 0 unspecified atom stereocenters. The fraction of sp³-hybridized carbons (Fsp3) is 0.238. The van der Waals surface area contributed by atoms with Crippen LogP contribution < -0.4 is 4.74 Å². The molecule has 0 saturated carbocycles. The van der Waals surface area contributed by atoms with Crippen LogP contribution in [-0.4, -0.2) is 6.61 Å². The minimum absolute atomic E-state index is 0.784. The largest absolute Gasteiger partial charge is 0.484 e. The van der Waals surface area contributed by atoms with Crippen molar-refractivity contribution in [2.24, 2.45) is 0 Å². The van der Waals surface area contributed by atoms with Gasteiger partial charge in [0.1, 0.15) is 0 Å². The Morgan fingerprint density at radius 2 is 1.35 bits per heavy atom. The van der Waals surface area contributed by atoms with Gasteiger partial charge in [-0.1, -0.05) is 73.7 Å². The zero-order valence-corrected chi connectivity index (χ0v) is 14.5. The van der Waals surface area contributed by atoms with E-state index < -0.39 is 0 Å². The minimum atomic E-state index is 0.784. The predicted molar refractivity (Wildman–Crippen MR) is 100 cm³/mol. The maximum absolute atomic E-state index is 5.69. The first-order valence-corrected chi connectivity index (χ1v) is 9.04. The fourth-order valence-corrected chi connectivity index (χ4v) is 3.40. The van der Waals surface area contributed by atoms with E-state index in [2.05, 4.69) is 74.5 Å². The molecule has 0 saturated heterocycles. The Labute approximate surface area is 142 Å². The van der Waals surface area contributed by atoms with Crippen LogP contribution in [0.4, 0.5) is 0 Å². The van der Waals surface area contributed by atoms with E-state index in [0.29, 0.717) is 0 Å². The lowest BCUT2D eigenvalue weighted by atomic mass is 10.0. The molecule has 23 heavy (non-hydrogen) atoms. The molecule has 3 rings (SSSR count). The van der Waals surface area contributed by atoms with E-state index in [1.807, 2.05) is 0 Å². The zero-order valence-electron chi connectivity index (χ0n) is 13.7. The molecule has 1 aromatic heterocycles. The van der Waals surface area contributed by atoms with Crippen LogP contribution in [0.2, 0.25) is 0 Å². The summed E-state index contributed by atoms with van der Waals surface area (Å²) in [5.74, 6) is 0. The summed E-state index contributed by atoms with van der Waals surface area (Å²) >= 11 is 1.71. The van der Waals surface area contributed by atoms with Crippen LogP contribution in [0.3, 0.4) is 0 Å². The molecule has 1 nitrogen and oxygen atoms in total. The van der Waals surface area contributed by atoms with Gasteiger partial charge in [-0.3, -0.25) is 0 Å². The van der Waals surface area contributed by atoms with Crippen molar-refractivity contribution in [1.82, 2.24) is 0 Å². The molecule has 0 aliphatic carbocycles. The van der Waals surface area contributed by atoms with E-state index >= 15 is 0 Å². The SMILES string of the molecule is CCCOc1ccc(-c2ccc(-c3ccc(CC)cc3)cc2)s1. The van der Waals surface area contributed by atoms with Crippen molar-refractivity contribution >= 4 is 11.3 Å². The van der Waals surface area contributed by atoms with Gasteiger partial charge in [0.2, 0.25) is 0 Å². The molecule has 0 radical (unpaired) electrons. The second kappa shape index (κ2) is 7.47. The second-order valence-corrected chi connectivity index (χ2v) is 6.64. The van der Waals surface area contributed by atoms with E-state index in [9.17, 15) is 0 Å². The quantitative estimate of drug-likeness (QED) is 0.508. The third kappa shape index (κ3) is 3.83. The van der Waals surface area contributed by atoms with Gasteiger partial charge in [-0.15, -0.1) is 0 Å². The summed E-state index contributed by atoms with van der Waals surface area (Å²) in [4.78, 5) is 1.25. The smallest absolute Gasteiger partial charge is 0.174 e. The van der Waals surface area contributed by atoms with Gasteiger partial charge in [0.25, 0.3) is 0 Å². The lowest BCUT2D eigenvalue weighted by Gasteiger charge is -2.05. The van der Waals surface area contributed by atoms with Gasteiger partial charge in [-0.05, 0) is 47.2 Å². The van der Waals surface area contributed by atoms with Gasteiger partial charge >= 0.3 is 0 Å². The van der Waals surface area contributed by atoms with E-state index in [4.69, 9.17) is 4.74 Å². The van der Waals surface area contributed by atoms with E-state index in [0.717, 1.165) is 24.5 Å². The standard InChI is InChI=1S/C21H22OS/c1-3-15-22-21-14-13-20(23-21)19-11-9-18(10-12-19)17-7-5-16(4-2)6-8-17/h5-14H,3-4,15H2,1-2H3. The van der Waals surface area contributed by atoms with Crippen LogP contribution in [0.5, 0.6) is 5.06 Å². The van der Waals surface area contributed by atoms with Crippen molar-refractivity contribution < 1.29 is 4.74 Å². The van der Waals surface area contributed by atoms with Crippen LogP contribution in [0.1, 0.15) is 25.8 Å². The number of hydrogen-bond donors (Lipinski definition) is 0. The first kappa shape index (κ1) is 15.8. The fourth-order valence-electron chi connectivity index (χ4n) is 2.52. The van der Waals surface area contributed by atoms with Crippen molar-refractivity contribution in [1.29, 1.82) is 0 Å². The Bertz CT molecular complexity index is 738. The first-order valence-electron chi connectivity index (χ1n) is 8.22. The van der Waals surface area contributed by atoms with Gasteiger partial charge in [-0.25, -0.2) is 0 Å². The van der Waals surface area contributed by atoms with Gasteiger partial charge in [0.05, 0.1) is 6.61 Å². The average Bonchev–Trinajstić information content (AvgIpc) is 3.09. The molecular weight excluding hydrogens is 300 g/mol. The summed E-state index contributed by atoms with van der Waals surface area (Å²) < 4.78 is 5.69. The normalized spacial score (nSPS) is 10.7. The number of aryl methyl sites for hydroxylation is 1. The predicted octanol–water partition coefficient (Wildman–Crippen LogP) is 6.43. The Hall–Kier alpha value is -2.06. The van der Waals surface area contributed by atoms with Crippen LogP contribution in [-0.2, 0) is 6.42 Å². The number of hydrogen-bond acceptors (Lipinski definition) is 2. The summed E-state index contributed by atoms with van der Waals surface area (Å²) in [6.07, 6.45) is 2.12. The lowest BCUT2D eigenvalue weighted by molar-refractivity contribution is 0.326. The Morgan fingerprint density at radius 3 is 1.96 bits per heavy atom. The maximum atomic E-state index is 5.69. The van der Waals surface area contributed by atoms with Gasteiger partial charge in [0, 0.05) is 4.88 Å². The van der Waals surface area contributed by atoms with Gasteiger partial charge < -0.3 is 4.74 Å². The summed E-state index contributed by atoms with van der Waals surface area (Å²) in [6, 6.07) is 21.8. The molecule has 118 valence electrons. The third-order valence-electron chi connectivity index (χ3n) is 3.89. The Balaban J connectivity index is 1.77. The molecule has 2 aromatic carbocycles. The molecule has 0 spiro atoms. The Kier molecular flexibility index (Phi) is 5.14. The number of thiophene rings is 1. The van der Waals surface area contributed by atoms with Gasteiger partial charge in [0.15, 0.2) is 5.06 Å². The van der Waals surface area contributed by atoms with Crippen molar-refractivity contribution in [3.8, 4) is 26.6 Å². The molecule has 3 aromatic rings. The highest BCUT2D eigenvalue weighted by Crippen LogP contribution is 2.34. The van der Waals surface area contributed by atoms with Crippen LogP contribution >= 0.6 is 11.3 Å². The summed E-state index contributed by atoms with van der Waals surface area (Å²) in [5.41, 5.74) is 5.15. The first-order chi connectivity index (χ1) is 11.3. The molecule has 0 N–H and O–H groups in total. The van der Waals surface area contributed by atoms with E-state index in [1.165, 1.54) is 27.1 Å². The van der Waals surface area contributed by atoms with E-state index in [1.54, 1.807) is 11.3 Å². The highest BCUT2D eigenvalue weighted by Gasteiger charge is 2.04. The van der Waals surface area contributed by atoms with Crippen molar-refractivity contribution in [2.45, 2.75) is 26.7 Å². The zero-order chi connectivity index (χ0) is 16.1. The van der Waals surface area contributed by atoms with Crippen molar-refractivity contribution in [3.63, 3.8) is 0 Å². The van der Waals surface area contributed by atoms with E-state index in [-0.39, 0.29) is 0 Å². The third-order valence-corrected chi connectivity index (χ3v) is 4.94. The van der Waals surface area contributed by atoms with Crippen LogP contribution in [0.15, 0.2) is 60.7 Å². The molecular formula is C21H22OS. The molecule has 0 atom stereocenters. The van der Waals surface area contributed by atoms with Crippen LogP contribution in [0, 0.1) is 0 Å². The Morgan fingerprint density at radius 1 is 0.739 bits per heavy atom. The summed E-state index contributed by atoms with van der Waals surface area (Å²) in [6.45, 7) is 5.09. The van der Waals surface area contributed by atoms with Crippen molar-refractivity contribution in [3.05, 3.63) is 66.2 Å². The molecule has 0 fully saturated rings. The highest BCUT2D eigenvalue weighted by molar-refractivity contribution is 7.17. The number of ether oxygens (including phenoxy) is 1. The molecule has 0 aliphatic rings. The maximum Gasteiger partial charge on any atom is 0.174 e. The number of benzene rings is 2. The molecule has 0 aliphatic heterocycles. The summed E-state index contributed by atoms with van der Waals surface area (Å²) in [7, 11) is 0. The monoisotopic (exact) mass is 322 g/mol. The number of rotatable bonds is 6. The highest BCUT2D eigenvalue weighted by atomic mass is 32.1. The minimum Gasteiger partial charge on any atom is -0.484 e. The molecule has 1 heterocycles. The summed E-state index contributed by atoms with van der Waals surface area (Å²) in [5, 5.41) is 1.00. The van der Waals surface area contributed by atoms with Crippen LogP contribution in [0.25, 0.3) is 21.6 Å². The topological polar surface area (TPSA) is 9.23 Å². The molecule has 0 amide bonds. The van der Waals surface area contributed by atoms with Gasteiger partial charge in [-0.2, -0.15) is 0 Å². The average molecular weight is 322 g/mol.